The van der Waals surface area contributed by atoms with Gasteiger partial charge in [-0.05, 0) is 17.7 Å². The van der Waals surface area contributed by atoms with Gasteiger partial charge < -0.3 is 5.32 Å². The van der Waals surface area contributed by atoms with Gasteiger partial charge in [-0.1, -0.05) is 16.7 Å². The molecule has 0 bridgehead atoms. The predicted molar refractivity (Wildman–Crippen MR) is 58.0 cm³/mol. The summed E-state index contributed by atoms with van der Waals surface area (Å²) in [5.74, 6) is -0.0840. The normalized spacial score (nSPS) is 10.9. The second kappa shape index (κ2) is 4.87. The van der Waals surface area contributed by atoms with Crippen LogP contribution >= 0.6 is 7.80 Å². The van der Waals surface area contributed by atoms with Crippen LogP contribution in [0.2, 0.25) is 0 Å². The highest BCUT2D eigenvalue weighted by molar-refractivity contribution is 7.42. The summed E-state index contributed by atoms with van der Waals surface area (Å²) in [4.78, 5) is 10.7. The third kappa shape index (κ3) is 3.67. The van der Waals surface area contributed by atoms with Crippen LogP contribution in [0.3, 0.4) is 0 Å². The molecule has 1 unspecified atom stereocenters. The molecule has 0 spiro atoms. The van der Waals surface area contributed by atoms with Crippen molar-refractivity contribution in [2.45, 2.75) is 13.1 Å². The van der Waals surface area contributed by atoms with Gasteiger partial charge in [-0.2, -0.15) is 0 Å². The summed E-state index contributed by atoms with van der Waals surface area (Å²) in [5.41, 5.74) is 1.80. The van der Waals surface area contributed by atoms with E-state index >= 15 is 0 Å². The molecule has 1 aromatic carbocycles. The molecular formula is C10H13NO2P+. The highest BCUT2D eigenvalue weighted by Gasteiger charge is 2.07. The number of carbonyl (C=O) groups excluding carboxylic acids is 1. The van der Waals surface area contributed by atoms with Gasteiger partial charge in [0, 0.05) is 12.6 Å². The SMILES string of the molecule is CC(=O)Nc1ccc(C[P+](C)=O)cc1. The van der Waals surface area contributed by atoms with Crippen LogP contribution in [-0.4, -0.2) is 12.6 Å². The Bertz CT molecular complexity index is 311. The molecule has 0 radical (unpaired) electrons. The molecule has 1 atom stereocenters. The highest BCUT2D eigenvalue weighted by atomic mass is 31.1. The molecule has 1 aromatic rings. The maximum Gasteiger partial charge on any atom is 0.340 e. The maximum atomic E-state index is 11.0. The Morgan fingerprint density at radius 3 is 2.36 bits per heavy atom. The minimum absolute atomic E-state index is 0.0840. The van der Waals surface area contributed by atoms with Gasteiger partial charge in [-0.25, -0.2) is 0 Å². The average Bonchev–Trinajstić information content (AvgIpc) is 2.06. The monoisotopic (exact) mass is 210 g/mol. The highest BCUT2D eigenvalue weighted by Crippen LogP contribution is 2.22. The Morgan fingerprint density at radius 1 is 1.36 bits per heavy atom. The summed E-state index contributed by atoms with van der Waals surface area (Å²) >= 11 is 0. The third-order valence-electron chi connectivity index (χ3n) is 1.68. The molecule has 0 aromatic heterocycles. The van der Waals surface area contributed by atoms with E-state index in [-0.39, 0.29) is 5.91 Å². The lowest BCUT2D eigenvalue weighted by Crippen LogP contribution is -2.05. The average molecular weight is 210 g/mol. The smallest absolute Gasteiger partial charge is 0.326 e. The van der Waals surface area contributed by atoms with Gasteiger partial charge in [-0.3, -0.25) is 4.79 Å². The van der Waals surface area contributed by atoms with Crippen molar-refractivity contribution in [2.75, 3.05) is 12.0 Å². The van der Waals surface area contributed by atoms with E-state index in [9.17, 15) is 9.36 Å². The number of hydrogen-bond acceptors (Lipinski definition) is 2. The zero-order valence-corrected chi connectivity index (χ0v) is 9.17. The van der Waals surface area contributed by atoms with E-state index in [4.69, 9.17) is 0 Å². The lowest BCUT2D eigenvalue weighted by atomic mass is 10.2. The van der Waals surface area contributed by atoms with Gasteiger partial charge in [0.2, 0.25) is 5.91 Å². The Balaban J connectivity index is 2.68. The molecule has 0 aliphatic rings. The van der Waals surface area contributed by atoms with Crippen LogP contribution in [0.4, 0.5) is 5.69 Å². The molecule has 0 saturated heterocycles. The number of rotatable bonds is 3. The van der Waals surface area contributed by atoms with Crippen molar-refractivity contribution >= 4 is 19.4 Å². The molecule has 4 heteroatoms. The van der Waals surface area contributed by atoms with Gasteiger partial charge >= 0.3 is 7.80 Å². The van der Waals surface area contributed by atoms with Gasteiger partial charge in [0.05, 0.1) is 0 Å². The quantitative estimate of drug-likeness (QED) is 0.779. The third-order valence-corrected chi connectivity index (χ3v) is 2.49. The van der Waals surface area contributed by atoms with Crippen molar-refractivity contribution in [3.63, 3.8) is 0 Å². The molecule has 0 heterocycles. The first kappa shape index (κ1) is 10.9. The van der Waals surface area contributed by atoms with Gasteiger partial charge in [0.15, 0.2) is 6.16 Å². The topological polar surface area (TPSA) is 46.2 Å². The van der Waals surface area contributed by atoms with E-state index in [2.05, 4.69) is 5.32 Å². The van der Waals surface area contributed by atoms with Gasteiger partial charge in [0.1, 0.15) is 6.66 Å². The Labute approximate surface area is 84.3 Å². The summed E-state index contributed by atoms with van der Waals surface area (Å²) in [6.45, 7) is 3.17. The van der Waals surface area contributed by atoms with E-state index in [0.29, 0.717) is 6.16 Å². The summed E-state index contributed by atoms with van der Waals surface area (Å²) in [6, 6.07) is 7.38. The lowest BCUT2D eigenvalue weighted by molar-refractivity contribution is -0.114. The van der Waals surface area contributed by atoms with Crippen molar-refractivity contribution in [3.8, 4) is 0 Å². The molecule has 1 amide bonds. The standard InChI is InChI=1S/C10H12NO2P/c1-8(12)11-10-5-3-9(4-6-10)7-14(2)13/h3-6H,7H2,1-2H3/p+1. The largest absolute Gasteiger partial charge is 0.340 e. The fraction of sp³-hybridized carbons (Fsp3) is 0.300. The van der Waals surface area contributed by atoms with Crippen molar-refractivity contribution in [3.05, 3.63) is 29.8 Å². The molecule has 14 heavy (non-hydrogen) atoms. The summed E-state index contributed by atoms with van der Waals surface area (Å²) < 4.78 is 11.0. The fourth-order valence-corrected chi connectivity index (χ4v) is 1.88. The Hall–Kier alpha value is -1.21. The Kier molecular flexibility index (Phi) is 3.78. The van der Waals surface area contributed by atoms with Crippen molar-refractivity contribution < 1.29 is 9.36 Å². The van der Waals surface area contributed by atoms with E-state index < -0.39 is 7.80 Å². The predicted octanol–water partition coefficient (Wildman–Crippen LogP) is 2.60. The number of anilines is 1. The van der Waals surface area contributed by atoms with Crippen LogP contribution in [0.15, 0.2) is 24.3 Å². The van der Waals surface area contributed by atoms with E-state index in [0.717, 1.165) is 11.3 Å². The van der Waals surface area contributed by atoms with E-state index in [1.165, 1.54) is 6.92 Å². The molecule has 3 nitrogen and oxygen atoms in total. The van der Waals surface area contributed by atoms with Crippen LogP contribution in [0.5, 0.6) is 0 Å². The number of nitrogens with one attached hydrogen (secondary N) is 1. The summed E-state index contributed by atoms with van der Waals surface area (Å²) in [7, 11) is -1.14. The molecule has 0 fully saturated rings. The molecule has 1 N–H and O–H groups in total. The fourth-order valence-electron chi connectivity index (χ4n) is 1.15. The minimum Gasteiger partial charge on any atom is -0.326 e. The first-order valence-electron chi connectivity index (χ1n) is 4.33. The molecule has 1 rings (SSSR count). The second-order valence-electron chi connectivity index (χ2n) is 3.16. The van der Waals surface area contributed by atoms with E-state index in [1.807, 2.05) is 24.3 Å². The number of hydrogen-bond donors (Lipinski definition) is 1. The zero-order chi connectivity index (χ0) is 10.6. The lowest BCUT2D eigenvalue weighted by Gasteiger charge is -2.01. The van der Waals surface area contributed by atoms with Crippen LogP contribution in [-0.2, 0) is 15.5 Å². The summed E-state index contributed by atoms with van der Waals surface area (Å²) in [5, 5.41) is 2.67. The zero-order valence-electron chi connectivity index (χ0n) is 8.28. The minimum atomic E-state index is -1.14. The number of benzene rings is 1. The van der Waals surface area contributed by atoms with Crippen molar-refractivity contribution in [1.29, 1.82) is 0 Å². The number of amides is 1. The van der Waals surface area contributed by atoms with Crippen molar-refractivity contribution in [2.24, 2.45) is 0 Å². The van der Waals surface area contributed by atoms with E-state index in [1.54, 1.807) is 6.66 Å². The second-order valence-corrected chi connectivity index (χ2v) is 4.74. The first-order chi connectivity index (χ1) is 6.58. The van der Waals surface area contributed by atoms with Gasteiger partial charge in [0.25, 0.3) is 0 Å². The Morgan fingerprint density at radius 2 is 1.93 bits per heavy atom. The molecule has 0 aliphatic heterocycles. The molecule has 0 aliphatic carbocycles. The van der Waals surface area contributed by atoms with Crippen molar-refractivity contribution in [1.82, 2.24) is 0 Å². The first-order valence-corrected chi connectivity index (χ1v) is 6.22. The van der Waals surface area contributed by atoms with Gasteiger partial charge in [-0.15, -0.1) is 0 Å². The molecular weight excluding hydrogens is 197 g/mol. The summed E-state index contributed by atoms with van der Waals surface area (Å²) in [6.07, 6.45) is 0.593. The van der Waals surface area contributed by atoms with Crippen LogP contribution in [0, 0.1) is 0 Å². The number of carbonyl (C=O) groups is 1. The van der Waals surface area contributed by atoms with Crippen LogP contribution in [0.1, 0.15) is 12.5 Å². The molecule has 74 valence electrons. The molecule has 0 saturated carbocycles. The van der Waals surface area contributed by atoms with Crippen LogP contribution in [0.25, 0.3) is 0 Å². The maximum absolute atomic E-state index is 11.0. The van der Waals surface area contributed by atoms with Crippen LogP contribution < -0.4 is 5.32 Å².